The average Bonchev–Trinajstić information content (AvgIpc) is 3.33. The van der Waals surface area contributed by atoms with Crippen molar-refractivity contribution in [1.82, 2.24) is 0 Å². The first-order valence-electron chi connectivity index (χ1n) is 7.00. The molecule has 1 fully saturated rings. The van der Waals surface area contributed by atoms with Crippen molar-refractivity contribution in [1.29, 1.82) is 0 Å². The van der Waals surface area contributed by atoms with Crippen LogP contribution in [0.2, 0.25) is 0 Å². The number of rotatable bonds is 4. The number of anilines is 2. The third-order valence-electron chi connectivity index (χ3n) is 3.41. The number of hydrogen-bond donors (Lipinski definition) is 2. The van der Waals surface area contributed by atoms with Crippen molar-refractivity contribution in [3.8, 4) is 0 Å². The summed E-state index contributed by atoms with van der Waals surface area (Å²) in [4.78, 5) is 23.7. The molecule has 0 spiro atoms. The largest absolute Gasteiger partial charge is 0.323 e. The van der Waals surface area contributed by atoms with Gasteiger partial charge in [-0.2, -0.15) is 0 Å². The first kappa shape index (κ1) is 13.4. The number of carbonyl (C=O) groups excluding carboxylic acids is 2. The summed E-state index contributed by atoms with van der Waals surface area (Å²) in [6.07, 6.45) is 2.00. The van der Waals surface area contributed by atoms with Crippen LogP contribution in [0.25, 0.3) is 0 Å². The van der Waals surface area contributed by atoms with Gasteiger partial charge in [0.15, 0.2) is 5.78 Å². The first-order chi connectivity index (χ1) is 10.2. The smallest absolute Gasteiger partial charge is 0.308 e. The number of urea groups is 1. The van der Waals surface area contributed by atoms with Crippen LogP contribution in [0.4, 0.5) is 16.2 Å². The Hall–Kier alpha value is -2.62. The predicted octanol–water partition coefficient (Wildman–Crippen LogP) is 3.92. The van der Waals surface area contributed by atoms with Crippen molar-refractivity contribution in [3.63, 3.8) is 0 Å². The molecule has 0 heterocycles. The van der Waals surface area contributed by atoms with Crippen LogP contribution in [-0.4, -0.2) is 11.8 Å². The van der Waals surface area contributed by atoms with Crippen LogP contribution in [0.15, 0.2) is 54.6 Å². The highest BCUT2D eigenvalue weighted by atomic mass is 16.2. The molecule has 0 saturated heterocycles. The van der Waals surface area contributed by atoms with E-state index in [0.29, 0.717) is 11.3 Å². The Morgan fingerprint density at radius 1 is 0.810 bits per heavy atom. The SMILES string of the molecule is O=C(Nc1ccccc1)Nc1ccc(C(=O)C2CC2)cc1. The van der Waals surface area contributed by atoms with Crippen LogP contribution in [0.1, 0.15) is 23.2 Å². The van der Waals surface area contributed by atoms with Crippen LogP contribution in [0, 0.1) is 5.92 Å². The molecule has 0 atom stereocenters. The average molecular weight is 280 g/mol. The summed E-state index contributed by atoms with van der Waals surface area (Å²) in [6.45, 7) is 0. The molecule has 0 aliphatic heterocycles. The Morgan fingerprint density at radius 3 is 1.95 bits per heavy atom. The zero-order valence-electron chi connectivity index (χ0n) is 11.5. The molecule has 0 aromatic heterocycles. The second kappa shape index (κ2) is 5.79. The second-order valence-corrected chi connectivity index (χ2v) is 5.16. The molecule has 1 saturated carbocycles. The molecule has 0 unspecified atom stereocenters. The third kappa shape index (κ3) is 3.48. The molecule has 2 aromatic carbocycles. The molecule has 4 heteroatoms. The van der Waals surface area contributed by atoms with E-state index in [2.05, 4.69) is 10.6 Å². The van der Waals surface area contributed by atoms with Crippen molar-refractivity contribution < 1.29 is 9.59 Å². The van der Waals surface area contributed by atoms with Crippen LogP contribution >= 0.6 is 0 Å². The summed E-state index contributed by atoms with van der Waals surface area (Å²) < 4.78 is 0. The Bertz CT molecular complexity index is 646. The minimum Gasteiger partial charge on any atom is -0.308 e. The van der Waals surface area contributed by atoms with Gasteiger partial charge in [-0.15, -0.1) is 0 Å². The number of Topliss-reactive ketones (excluding diaryl/α,β-unsaturated/α-hetero) is 1. The topological polar surface area (TPSA) is 58.2 Å². The number of benzene rings is 2. The lowest BCUT2D eigenvalue weighted by atomic mass is 10.1. The lowest BCUT2D eigenvalue weighted by molar-refractivity contribution is 0.0967. The molecule has 4 nitrogen and oxygen atoms in total. The molecule has 2 amide bonds. The summed E-state index contributed by atoms with van der Waals surface area (Å²) >= 11 is 0. The molecule has 1 aliphatic carbocycles. The van der Waals surface area contributed by atoms with E-state index in [0.717, 1.165) is 18.5 Å². The van der Waals surface area contributed by atoms with Crippen molar-refractivity contribution in [2.24, 2.45) is 5.92 Å². The van der Waals surface area contributed by atoms with E-state index in [1.54, 1.807) is 24.3 Å². The van der Waals surface area contributed by atoms with Gasteiger partial charge in [0.1, 0.15) is 0 Å². The molecule has 0 radical (unpaired) electrons. The van der Waals surface area contributed by atoms with Crippen LogP contribution in [0.5, 0.6) is 0 Å². The van der Waals surface area contributed by atoms with E-state index >= 15 is 0 Å². The fourth-order valence-corrected chi connectivity index (χ4v) is 2.11. The van der Waals surface area contributed by atoms with Gasteiger partial charge in [0, 0.05) is 22.9 Å². The molecule has 106 valence electrons. The maximum atomic E-state index is 11.9. The van der Waals surface area contributed by atoms with Gasteiger partial charge in [-0.25, -0.2) is 4.79 Å². The lowest BCUT2D eigenvalue weighted by Crippen LogP contribution is -2.19. The second-order valence-electron chi connectivity index (χ2n) is 5.16. The minimum atomic E-state index is -0.303. The molecule has 2 N–H and O–H groups in total. The van der Waals surface area contributed by atoms with Gasteiger partial charge in [0.05, 0.1) is 0 Å². The van der Waals surface area contributed by atoms with E-state index in [4.69, 9.17) is 0 Å². The molecular weight excluding hydrogens is 264 g/mol. The molecular formula is C17H16N2O2. The fourth-order valence-electron chi connectivity index (χ4n) is 2.11. The van der Waals surface area contributed by atoms with Crippen LogP contribution in [-0.2, 0) is 0 Å². The highest BCUT2D eigenvalue weighted by Gasteiger charge is 2.30. The fraction of sp³-hybridized carbons (Fsp3) is 0.176. The Labute approximate surface area is 123 Å². The summed E-state index contributed by atoms with van der Waals surface area (Å²) in [5, 5.41) is 5.48. The molecule has 21 heavy (non-hydrogen) atoms. The van der Waals surface area contributed by atoms with Crippen molar-refractivity contribution in [2.45, 2.75) is 12.8 Å². The molecule has 1 aliphatic rings. The monoisotopic (exact) mass is 280 g/mol. The van der Waals surface area contributed by atoms with Crippen molar-refractivity contribution in [3.05, 3.63) is 60.2 Å². The molecule has 2 aromatic rings. The van der Waals surface area contributed by atoms with Gasteiger partial charge in [-0.1, -0.05) is 18.2 Å². The van der Waals surface area contributed by atoms with Gasteiger partial charge < -0.3 is 10.6 Å². The summed E-state index contributed by atoms with van der Waals surface area (Å²) in [6, 6.07) is 16.0. The number of nitrogens with one attached hydrogen (secondary N) is 2. The van der Waals surface area contributed by atoms with E-state index in [1.165, 1.54) is 0 Å². The zero-order chi connectivity index (χ0) is 14.7. The van der Waals surface area contributed by atoms with Gasteiger partial charge in [-0.3, -0.25) is 4.79 Å². The number of amides is 2. The summed E-state index contributed by atoms with van der Waals surface area (Å²) in [5.74, 6) is 0.417. The first-order valence-corrected chi connectivity index (χ1v) is 7.00. The lowest BCUT2D eigenvalue weighted by Gasteiger charge is -2.08. The van der Waals surface area contributed by atoms with Gasteiger partial charge >= 0.3 is 6.03 Å². The predicted molar refractivity (Wildman–Crippen MR) is 82.6 cm³/mol. The Morgan fingerprint density at radius 2 is 1.38 bits per heavy atom. The van der Waals surface area contributed by atoms with E-state index in [9.17, 15) is 9.59 Å². The Kier molecular flexibility index (Phi) is 3.69. The number of ketones is 1. The normalized spacial score (nSPS) is 13.5. The standard InChI is InChI=1S/C17H16N2O2/c20-16(12-6-7-12)13-8-10-15(11-9-13)19-17(21)18-14-4-2-1-3-5-14/h1-5,8-12H,6-7H2,(H2,18,19,21). The van der Waals surface area contributed by atoms with E-state index in [1.807, 2.05) is 30.3 Å². The van der Waals surface area contributed by atoms with Crippen LogP contribution in [0.3, 0.4) is 0 Å². The maximum absolute atomic E-state index is 11.9. The quantitative estimate of drug-likeness (QED) is 0.834. The van der Waals surface area contributed by atoms with Gasteiger partial charge in [-0.05, 0) is 49.2 Å². The molecule has 0 bridgehead atoms. The van der Waals surface area contributed by atoms with Crippen LogP contribution < -0.4 is 10.6 Å². The van der Waals surface area contributed by atoms with Gasteiger partial charge in [0.2, 0.25) is 0 Å². The van der Waals surface area contributed by atoms with E-state index in [-0.39, 0.29) is 17.7 Å². The number of para-hydroxylation sites is 1. The molecule has 3 rings (SSSR count). The number of hydrogen-bond acceptors (Lipinski definition) is 2. The van der Waals surface area contributed by atoms with Crippen molar-refractivity contribution >= 4 is 23.2 Å². The Balaban J connectivity index is 1.59. The highest BCUT2D eigenvalue weighted by Crippen LogP contribution is 2.32. The van der Waals surface area contributed by atoms with E-state index < -0.39 is 0 Å². The van der Waals surface area contributed by atoms with Crippen molar-refractivity contribution in [2.75, 3.05) is 10.6 Å². The zero-order valence-corrected chi connectivity index (χ0v) is 11.5. The minimum absolute atomic E-state index is 0.204. The third-order valence-corrected chi connectivity index (χ3v) is 3.41. The summed E-state index contributed by atoms with van der Waals surface area (Å²) in [5.41, 5.74) is 2.11. The highest BCUT2D eigenvalue weighted by molar-refractivity contribution is 6.01. The summed E-state index contributed by atoms with van der Waals surface area (Å²) in [7, 11) is 0. The number of carbonyl (C=O) groups is 2. The maximum Gasteiger partial charge on any atom is 0.323 e. The van der Waals surface area contributed by atoms with Gasteiger partial charge in [0.25, 0.3) is 0 Å².